The van der Waals surface area contributed by atoms with Crippen LogP contribution in [0.3, 0.4) is 0 Å². The lowest BCUT2D eigenvalue weighted by Crippen LogP contribution is -2.55. The van der Waals surface area contributed by atoms with E-state index in [1.165, 1.54) is 0 Å². The molecule has 2 aromatic carbocycles. The zero-order chi connectivity index (χ0) is 16.8. The van der Waals surface area contributed by atoms with Crippen molar-refractivity contribution in [3.8, 4) is 5.75 Å². The second-order valence-corrected chi connectivity index (χ2v) is 6.50. The van der Waals surface area contributed by atoms with Crippen LogP contribution in [0.2, 0.25) is 0 Å². The first-order valence-electron chi connectivity index (χ1n) is 8.46. The second-order valence-electron chi connectivity index (χ2n) is 6.50. The number of benzene rings is 2. The summed E-state index contributed by atoms with van der Waals surface area (Å²) in [5.74, 6) is 0.582. The summed E-state index contributed by atoms with van der Waals surface area (Å²) < 4.78 is 5.63. The van der Waals surface area contributed by atoms with Gasteiger partial charge in [-0.15, -0.1) is 0 Å². The maximum atomic E-state index is 12.9. The summed E-state index contributed by atoms with van der Waals surface area (Å²) in [7, 11) is 0. The molecular formula is C20H24N2O2. The van der Waals surface area contributed by atoms with Gasteiger partial charge < -0.3 is 10.1 Å². The molecule has 0 bridgehead atoms. The summed E-state index contributed by atoms with van der Waals surface area (Å²) in [6.45, 7) is 4.55. The van der Waals surface area contributed by atoms with E-state index in [-0.39, 0.29) is 11.6 Å². The fraction of sp³-hybridized carbons (Fsp3) is 0.350. The summed E-state index contributed by atoms with van der Waals surface area (Å²) in [5, 5.41) is 3.37. The molecule has 0 radical (unpaired) electrons. The van der Waals surface area contributed by atoms with Gasteiger partial charge in [-0.05, 0) is 50.6 Å². The van der Waals surface area contributed by atoms with Crippen LogP contribution in [0.4, 0.5) is 4.79 Å². The van der Waals surface area contributed by atoms with Gasteiger partial charge in [0.25, 0.3) is 0 Å². The fourth-order valence-corrected chi connectivity index (χ4v) is 3.12. The van der Waals surface area contributed by atoms with Crippen LogP contribution in [0.15, 0.2) is 60.7 Å². The molecule has 126 valence electrons. The van der Waals surface area contributed by atoms with Gasteiger partial charge >= 0.3 is 6.09 Å². The maximum Gasteiger partial charge on any atom is 0.415 e. The number of hydrogen-bond acceptors (Lipinski definition) is 3. The number of piperidine rings is 1. The normalized spacial score (nSPS) is 16.4. The maximum absolute atomic E-state index is 12.9. The lowest BCUT2D eigenvalue weighted by atomic mass is 9.88. The van der Waals surface area contributed by atoms with E-state index >= 15 is 0 Å². The minimum absolute atomic E-state index is 0.201. The molecule has 1 amide bonds. The van der Waals surface area contributed by atoms with E-state index in [1.807, 2.05) is 65.6 Å². The predicted molar refractivity (Wildman–Crippen MR) is 95.0 cm³/mol. The van der Waals surface area contributed by atoms with Crippen LogP contribution >= 0.6 is 0 Å². The van der Waals surface area contributed by atoms with Gasteiger partial charge in [-0.2, -0.15) is 0 Å². The van der Waals surface area contributed by atoms with E-state index in [9.17, 15) is 4.79 Å². The molecule has 4 nitrogen and oxygen atoms in total. The summed E-state index contributed by atoms with van der Waals surface area (Å²) in [4.78, 5) is 14.8. The SMILES string of the molecule is CC1(N(Cc2ccccc2)C(=O)Oc2ccccc2)CCNCC1. The van der Waals surface area contributed by atoms with E-state index < -0.39 is 0 Å². The van der Waals surface area contributed by atoms with Crippen molar-refractivity contribution in [2.24, 2.45) is 0 Å². The van der Waals surface area contributed by atoms with E-state index in [0.29, 0.717) is 12.3 Å². The average Bonchev–Trinajstić information content (AvgIpc) is 2.62. The van der Waals surface area contributed by atoms with Crippen molar-refractivity contribution in [3.05, 3.63) is 66.2 Å². The van der Waals surface area contributed by atoms with Gasteiger partial charge in [0.15, 0.2) is 0 Å². The summed E-state index contributed by atoms with van der Waals surface area (Å²) >= 11 is 0. The number of amides is 1. The second kappa shape index (κ2) is 7.49. The van der Waals surface area contributed by atoms with Crippen LogP contribution < -0.4 is 10.1 Å². The molecular weight excluding hydrogens is 300 g/mol. The van der Waals surface area contributed by atoms with E-state index in [2.05, 4.69) is 12.2 Å². The third-order valence-corrected chi connectivity index (χ3v) is 4.68. The Bertz CT molecular complexity index is 652. The quantitative estimate of drug-likeness (QED) is 0.929. The van der Waals surface area contributed by atoms with E-state index in [0.717, 1.165) is 31.5 Å². The number of rotatable bonds is 4. The highest BCUT2D eigenvalue weighted by Crippen LogP contribution is 2.29. The number of nitrogens with zero attached hydrogens (tertiary/aromatic N) is 1. The van der Waals surface area contributed by atoms with Gasteiger partial charge in [0.05, 0.1) is 0 Å². The Morgan fingerprint density at radius 3 is 2.25 bits per heavy atom. The molecule has 0 spiro atoms. The number of hydrogen-bond donors (Lipinski definition) is 1. The first-order valence-corrected chi connectivity index (χ1v) is 8.46. The molecule has 0 saturated carbocycles. The summed E-state index contributed by atoms with van der Waals surface area (Å²) in [5.41, 5.74) is 0.912. The lowest BCUT2D eigenvalue weighted by molar-refractivity contribution is 0.0644. The minimum atomic E-state index is -0.283. The topological polar surface area (TPSA) is 41.6 Å². The average molecular weight is 324 g/mol. The predicted octanol–water partition coefficient (Wildman–Crippen LogP) is 3.83. The standard InChI is InChI=1S/C20H24N2O2/c1-20(12-14-21-15-13-20)22(16-17-8-4-2-5-9-17)19(23)24-18-10-6-3-7-11-18/h2-11,21H,12-16H2,1H3. The molecule has 0 unspecified atom stereocenters. The Morgan fingerprint density at radius 1 is 1.04 bits per heavy atom. The number of nitrogens with one attached hydrogen (secondary N) is 1. The monoisotopic (exact) mass is 324 g/mol. The number of para-hydroxylation sites is 1. The lowest BCUT2D eigenvalue weighted by Gasteiger charge is -2.43. The van der Waals surface area contributed by atoms with Gasteiger partial charge in [-0.25, -0.2) is 4.79 Å². The van der Waals surface area contributed by atoms with E-state index in [1.54, 1.807) is 0 Å². The zero-order valence-corrected chi connectivity index (χ0v) is 14.1. The molecule has 0 atom stereocenters. The molecule has 1 fully saturated rings. The van der Waals surface area contributed by atoms with Crippen LogP contribution in [-0.2, 0) is 6.54 Å². The third kappa shape index (κ3) is 3.95. The van der Waals surface area contributed by atoms with Crippen LogP contribution in [-0.4, -0.2) is 29.6 Å². The molecule has 0 aromatic heterocycles. The highest BCUT2D eigenvalue weighted by atomic mass is 16.6. The highest BCUT2D eigenvalue weighted by molar-refractivity contribution is 5.71. The van der Waals surface area contributed by atoms with Crippen molar-refractivity contribution in [3.63, 3.8) is 0 Å². The van der Waals surface area contributed by atoms with Crippen LogP contribution in [0.5, 0.6) is 5.75 Å². The Labute approximate surface area is 143 Å². The third-order valence-electron chi connectivity index (χ3n) is 4.68. The van der Waals surface area contributed by atoms with Crippen molar-refractivity contribution in [1.82, 2.24) is 10.2 Å². The van der Waals surface area contributed by atoms with Gasteiger partial charge in [-0.3, -0.25) is 4.90 Å². The van der Waals surface area contributed by atoms with Gasteiger partial charge in [0, 0.05) is 12.1 Å². The number of ether oxygens (including phenoxy) is 1. The molecule has 0 aliphatic carbocycles. The first kappa shape index (κ1) is 16.5. The number of carbonyl (C=O) groups excluding carboxylic acids is 1. The highest BCUT2D eigenvalue weighted by Gasteiger charge is 2.37. The van der Waals surface area contributed by atoms with Crippen molar-refractivity contribution < 1.29 is 9.53 Å². The summed E-state index contributed by atoms with van der Waals surface area (Å²) in [6, 6.07) is 19.4. The molecule has 2 aromatic rings. The van der Waals surface area contributed by atoms with Crippen LogP contribution in [0.1, 0.15) is 25.3 Å². The summed E-state index contributed by atoms with van der Waals surface area (Å²) in [6.07, 6.45) is 1.56. The zero-order valence-electron chi connectivity index (χ0n) is 14.1. The number of carbonyl (C=O) groups is 1. The Balaban J connectivity index is 1.82. The molecule has 4 heteroatoms. The van der Waals surface area contributed by atoms with Crippen molar-refractivity contribution in [1.29, 1.82) is 0 Å². The van der Waals surface area contributed by atoms with Crippen LogP contribution in [0, 0.1) is 0 Å². The smallest absolute Gasteiger partial charge is 0.410 e. The van der Waals surface area contributed by atoms with Crippen LogP contribution in [0.25, 0.3) is 0 Å². The molecule has 1 aliphatic rings. The van der Waals surface area contributed by atoms with Gasteiger partial charge in [0.2, 0.25) is 0 Å². The van der Waals surface area contributed by atoms with Gasteiger partial charge in [0.1, 0.15) is 5.75 Å². The molecule has 1 aliphatic heterocycles. The van der Waals surface area contributed by atoms with Crippen molar-refractivity contribution in [2.45, 2.75) is 31.8 Å². The Hall–Kier alpha value is -2.33. The van der Waals surface area contributed by atoms with Gasteiger partial charge in [-0.1, -0.05) is 48.5 Å². The minimum Gasteiger partial charge on any atom is -0.410 e. The molecule has 1 heterocycles. The molecule has 1 N–H and O–H groups in total. The molecule has 1 saturated heterocycles. The Kier molecular flexibility index (Phi) is 5.16. The van der Waals surface area contributed by atoms with Crippen molar-refractivity contribution >= 4 is 6.09 Å². The fourth-order valence-electron chi connectivity index (χ4n) is 3.12. The molecule has 24 heavy (non-hydrogen) atoms. The largest absolute Gasteiger partial charge is 0.415 e. The van der Waals surface area contributed by atoms with E-state index in [4.69, 9.17) is 4.74 Å². The first-order chi connectivity index (χ1) is 11.7. The molecule has 3 rings (SSSR count). The Morgan fingerprint density at radius 2 is 1.62 bits per heavy atom. The van der Waals surface area contributed by atoms with Crippen molar-refractivity contribution in [2.75, 3.05) is 13.1 Å².